The molecule has 0 atom stereocenters. The predicted octanol–water partition coefficient (Wildman–Crippen LogP) is 5.42. The molecule has 1 N–H and O–H groups in total. The fourth-order valence-electron chi connectivity index (χ4n) is 3.54. The van der Waals surface area contributed by atoms with Gasteiger partial charge in [0, 0.05) is 42.7 Å². The Morgan fingerprint density at radius 2 is 1.70 bits per heavy atom. The van der Waals surface area contributed by atoms with Crippen molar-refractivity contribution in [3.8, 4) is 11.3 Å². The molecule has 0 spiro atoms. The molecule has 140 valence electrons. The smallest absolute Gasteiger partial charge is 0.156 e. The number of pyridine rings is 1. The van der Waals surface area contributed by atoms with Crippen LogP contribution in [-0.2, 0) is 0 Å². The maximum atomic E-state index is 6.33. The molecule has 5 nitrogen and oxygen atoms in total. The van der Waals surface area contributed by atoms with Gasteiger partial charge < -0.3 is 10.2 Å². The van der Waals surface area contributed by atoms with Gasteiger partial charge in [0.2, 0.25) is 0 Å². The maximum Gasteiger partial charge on any atom is 0.156 e. The first-order valence-electron chi connectivity index (χ1n) is 9.08. The fraction of sp³-hybridized carbons (Fsp3) is 0.350. The molecule has 2 aromatic heterocycles. The van der Waals surface area contributed by atoms with Gasteiger partial charge in [0.15, 0.2) is 5.82 Å². The second-order valence-electron chi connectivity index (χ2n) is 7.13. The van der Waals surface area contributed by atoms with E-state index >= 15 is 0 Å². The quantitative estimate of drug-likeness (QED) is 0.632. The third kappa shape index (κ3) is 3.66. The van der Waals surface area contributed by atoms with Gasteiger partial charge in [-0.2, -0.15) is 0 Å². The average molecular weight is 402 g/mol. The van der Waals surface area contributed by atoms with Crippen molar-refractivity contribution < 1.29 is 0 Å². The van der Waals surface area contributed by atoms with E-state index in [1.165, 1.54) is 12.8 Å². The van der Waals surface area contributed by atoms with E-state index in [1.807, 2.05) is 43.3 Å². The Morgan fingerprint density at radius 1 is 1.00 bits per heavy atom. The van der Waals surface area contributed by atoms with Gasteiger partial charge in [0.25, 0.3) is 0 Å². The molecule has 0 radical (unpaired) electrons. The summed E-state index contributed by atoms with van der Waals surface area (Å²) in [6, 6.07) is 8.12. The first-order valence-corrected chi connectivity index (χ1v) is 9.84. The van der Waals surface area contributed by atoms with Crippen LogP contribution in [0.15, 0.2) is 30.5 Å². The Bertz CT molecular complexity index is 984. The van der Waals surface area contributed by atoms with Crippen LogP contribution < -0.4 is 10.2 Å². The van der Waals surface area contributed by atoms with Gasteiger partial charge >= 0.3 is 0 Å². The summed E-state index contributed by atoms with van der Waals surface area (Å²) in [7, 11) is 3.92. The van der Waals surface area contributed by atoms with Gasteiger partial charge in [0.1, 0.15) is 11.5 Å². The lowest BCUT2D eigenvalue weighted by Gasteiger charge is -2.17. The van der Waals surface area contributed by atoms with Gasteiger partial charge in [0.05, 0.1) is 10.0 Å². The minimum Gasteiger partial charge on any atom is -0.365 e. The van der Waals surface area contributed by atoms with Crippen LogP contribution in [0.5, 0.6) is 0 Å². The molecule has 0 unspecified atom stereocenters. The largest absolute Gasteiger partial charge is 0.365 e. The molecule has 27 heavy (non-hydrogen) atoms. The van der Waals surface area contributed by atoms with E-state index in [1.54, 1.807) is 6.20 Å². The predicted molar refractivity (Wildman–Crippen MR) is 113 cm³/mol. The molecular formula is C20H21Cl2N5. The van der Waals surface area contributed by atoms with E-state index in [0.29, 0.717) is 16.1 Å². The van der Waals surface area contributed by atoms with Crippen LogP contribution in [0.3, 0.4) is 0 Å². The van der Waals surface area contributed by atoms with Crippen LogP contribution in [0.1, 0.15) is 25.7 Å². The number of hydrogen-bond acceptors (Lipinski definition) is 5. The van der Waals surface area contributed by atoms with E-state index in [9.17, 15) is 0 Å². The summed E-state index contributed by atoms with van der Waals surface area (Å²) in [6.45, 7) is 0. The van der Waals surface area contributed by atoms with Crippen molar-refractivity contribution in [2.75, 3.05) is 24.3 Å². The van der Waals surface area contributed by atoms with Gasteiger partial charge in [-0.25, -0.2) is 4.98 Å². The van der Waals surface area contributed by atoms with E-state index < -0.39 is 0 Å². The summed E-state index contributed by atoms with van der Waals surface area (Å²) in [4.78, 5) is 6.34. The van der Waals surface area contributed by atoms with E-state index in [4.69, 9.17) is 23.2 Å². The summed E-state index contributed by atoms with van der Waals surface area (Å²) < 4.78 is 0. The number of hydrogen-bond donors (Lipinski definition) is 1. The average Bonchev–Trinajstić information content (AvgIpc) is 3.16. The van der Waals surface area contributed by atoms with E-state index in [0.717, 1.165) is 46.5 Å². The third-order valence-electron chi connectivity index (χ3n) is 4.99. The summed E-state index contributed by atoms with van der Waals surface area (Å²) in [5.41, 5.74) is 1.71. The zero-order valence-corrected chi connectivity index (χ0v) is 16.8. The zero-order valence-electron chi connectivity index (χ0n) is 15.3. The fourth-order valence-corrected chi connectivity index (χ4v) is 3.87. The van der Waals surface area contributed by atoms with Crippen molar-refractivity contribution in [2.45, 2.75) is 31.7 Å². The Hall–Kier alpha value is -2.11. The summed E-state index contributed by atoms with van der Waals surface area (Å²) in [5.74, 6) is 1.62. The molecule has 0 bridgehead atoms. The molecule has 0 amide bonds. The summed E-state index contributed by atoms with van der Waals surface area (Å²) >= 11 is 12.6. The van der Waals surface area contributed by atoms with Crippen molar-refractivity contribution in [1.82, 2.24) is 15.2 Å². The topological polar surface area (TPSA) is 53.9 Å². The van der Waals surface area contributed by atoms with Gasteiger partial charge in [-0.15, -0.1) is 10.2 Å². The number of halogens is 2. The highest BCUT2D eigenvalue weighted by molar-refractivity contribution is 6.43. The van der Waals surface area contributed by atoms with E-state index in [-0.39, 0.29) is 0 Å². The molecule has 0 aliphatic heterocycles. The number of anilines is 2. The van der Waals surface area contributed by atoms with Crippen LogP contribution in [-0.4, -0.2) is 35.3 Å². The number of nitrogens with one attached hydrogen (secondary N) is 1. The van der Waals surface area contributed by atoms with Crippen LogP contribution in [0.2, 0.25) is 10.0 Å². The molecule has 1 saturated carbocycles. The minimum atomic E-state index is 0.434. The Labute approximate surface area is 168 Å². The Balaban J connectivity index is 1.86. The van der Waals surface area contributed by atoms with Crippen LogP contribution in [0.4, 0.5) is 11.6 Å². The number of rotatable bonds is 4. The van der Waals surface area contributed by atoms with Gasteiger partial charge in [-0.3, -0.25) is 0 Å². The van der Waals surface area contributed by atoms with E-state index in [2.05, 4.69) is 20.5 Å². The monoisotopic (exact) mass is 401 g/mol. The number of aromatic nitrogens is 3. The number of nitrogens with zero attached hydrogens (tertiary/aromatic N) is 4. The normalized spacial score (nSPS) is 14.7. The lowest BCUT2D eigenvalue weighted by Crippen LogP contribution is -2.16. The Morgan fingerprint density at radius 3 is 2.41 bits per heavy atom. The molecule has 2 heterocycles. The second-order valence-corrected chi connectivity index (χ2v) is 7.95. The van der Waals surface area contributed by atoms with Crippen molar-refractivity contribution in [3.05, 3.63) is 40.5 Å². The number of benzene rings is 1. The molecule has 7 heteroatoms. The zero-order chi connectivity index (χ0) is 19.0. The first kappa shape index (κ1) is 18.3. The molecule has 1 aliphatic carbocycles. The molecule has 4 rings (SSSR count). The Kier molecular flexibility index (Phi) is 5.06. The van der Waals surface area contributed by atoms with Crippen LogP contribution >= 0.6 is 23.2 Å². The van der Waals surface area contributed by atoms with Crippen LogP contribution in [0, 0.1) is 0 Å². The highest BCUT2D eigenvalue weighted by Gasteiger charge is 2.19. The van der Waals surface area contributed by atoms with Crippen LogP contribution in [0.25, 0.3) is 22.0 Å². The molecule has 3 aromatic rings. The van der Waals surface area contributed by atoms with Crippen molar-refractivity contribution in [2.24, 2.45) is 0 Å². The lowest BCUT2D eigenvalue weighted by molar-refractivity contribution is 0.748. The molecule has 0 saturated heterocycles. The molecular weight excluding hydrogens is 381 g/mol. The van der Waals surface area contributed by atoms with Crippen molar-refractivity contribution >= 4 is 45.6 Å². The SMILES string of the molecule is CN(C)c1cc(-c2nnc(NC3CCCC3)c3cc(Cl)c(Cl)cc23)ccn1. The number of fused-ring (bicyclic) bond motifs is 1. The lowest BCUT2D eigenvalue weighted by atomic mass is 10.0. The first-order chi connectivity index (χ1) is 13.0. The highest BCUT2D eigenvalue weighted by atomic mass is 35.5. The second kappa shape index (κ2) is 7.49. The third-order valence-corrected chi connectivity index (χ3v) is 5.72. The van der Waals surface area contributed by atoms with Crippen molar-refractivity contribution in [3.63, 3.8) is 0 Å². The highest BCUT2D eigenvalue weighted by Crippen LogP contribution is 2.37. The minimum absolute atomic E-state index is 0.434. The maximum absolute atomic E-state index is 6.33. The summed E-state index contributed by atoms with van der Waals surface area (Å²) in [5, 5.41) is 15.5. The molecule has 1 aliphatic rings. The van der Waals surface area contributed by atoms with Gasteiger partial charge in [-0.05, 0) is 37.1 Å². The van der Waals surface area contributed by atoms with Crippen molar-refractivity contribution in [1.29, 1.82) is 0 Å². The standard InChI is InChI=1S/C20H21Cl2N5/c1-27(2)18-9-12(7-8-23-18)19-14-10-16(21)17(22)11-15(14)20(26-25-19)24-13-5-3-4-6-13/h7-11,13H,3-6H2,1-2H3,(H,24,26). The summed E-state index contributed by atoms with van der Waals surface area (Å²) in [6.07, 6.45) is 6.59. The molecule has 1 fully saturated rings. The molecule has 1 aromatic carbocycles. The van der Waals surface area contributed by atoms with Gasteiger partial charge in [-0.1, -0.05) is 36.0 Å².